The van der Waals surface area contributed by atoms with Crippen LogP contribution >= 0.6 is 11.6 Å². The van der Waals surface area contributed by atoms with Crippen LogP contribution in [0.3, 0.4) is 0 Å². The zero-order valence-electron chi connectivity index (χ0n) is 15.6. The number of amides is 1. The van der Waals surface area contributed by atoms with Gasteiger partial charge in [-0.1, -0.05) is 17.7 Å². The first-order chi connectivity index (χ1) is 14.9. The lowest BCUT2D eigenvalue weighted by atomic mass is 10.2. The first-order valence-corrected chi connectivity index (χ1v) is 9.15. The Labute approximate surface area is 178 Å². The standard InChI is InChI=1S/C18H13ClFN7O4/c19-15-5-12(20)2-1-11(15)7-26-10-21-18(24-26)23-17(28)16-4-3-14(31-16)9-25-8-13(6-22-25)27(29)30/h1-6,8,10H,7,9H2,(H,23,24,28). The van der Waals surface area contributed by atoms with E-state index in [9.17, 15) is 19.3 Å². The Kier molecular flexibility index (Phi) is 5.45. The maximum absolute atomic E-state index is 13.1. The second-order valence-corrected chi connectivity index (χ2v) is 6.78. The molecule has 0 unspecified atom stereocenters. The first kappa shape index (κ1) is 20.2. The Morgan fingerprint density at radius 3 is 2.84 bits per heavy atom. The minimum Gasteiger partial charge on any atom is -0.454 e. The summed E-state index contributed by atoms with van der Waals surface area (Å²) in [6, 6.07) is 7.04. The summed E-state index contributed by atoms with van der Waals surface area (Å²) in [7, 11) is 0. The topological polar surface area (TPSA) is 134 Å². The van der Waals surface area contributed by atoms with Gasteiger partial charge in [0.2, 0.25) is 5.95 Å². The van der Waals surface area contributed by atoms with E-state index < -0.39 is 16.6 Å². The molecular weight excluding hydrogens is 433 g/mol. The van der Waals surface area contributed by atoms with Crippen LogP contribution in [0.2, 0.25) is 5.02 Å². The Hall–Kier alpha value is -4.06. The lowest BCUT2D eigenvalue weighted by Crippen LogP contribution is -2.12. The van der Waals surface area contributed by atoms with Crippen molar-refractivity contribution in [3.63, 3.8) is 0 Å². The zero-order valence-corrected chi connectivity index (χ0v) is 16.4. The van der Waals surface area contributed by atoms with Gasteiger partial charge in [0.05, 0.1) is 18.0 Å². The molecule has 31 heavy (non-hydrogen) atoms. The predicted molar refractivity (Wildman–Crippen MR) is 105 cm³/mol. The minimum atomic E-state index is -0.574. The molecule has 0 spiro atoms. The summed E-state index contributed by atoms with van der Waals surface area (Å²) in [5.74, 6) is -0.579. The number of rotatable bonds is 7. The minimum absolute atomic E-state index is 0.00887. The van der Waals surface area contributed by atoms with Crippen molar-refractivity contribution in [1.29, 1.82) is 0 Å². The van der Waals surface area contributed by atoms with Gasteiger partial charge in [0.15, 0.2) is 5.76 Å². The van der Waals surface area contributed by atoms with Gasteiger partial charge in [-0.25, -0.2) is 14.1 Å². The van der Waals surface area contributed by atoms with Crippen LogP contribution in [0.5, 0.6) is 0 Å². The van der Waals surface area contributed by atoms with Gasteiger partial charge >= 0.3 is 5.69 Å². The second-order valence-electron chi connectivity index (χ2n) is 6.37. The molecule has 4 aromatic rings. The highest BCUT2D eigenvalue weighted by Crippen LogP contribution is 2.18. The molecule has 1 amide bonds. The number of carbonyl (C=O) groups excluding carboxylic acids is 1. The van der Waals surface area contributed by atoms with Gasteiger partial charge in [0.25, 0.3) is 5.91 Å². The summed E-state index contributed by atoms with van der Waals surface area (Å²) >= 11 is 6.00. The summed E-state index contributed by atoms with van der Waals surface area (Å²) in [5, 5.41) is 21.5. The number of nitrogens with one attached hydrogen (secondary N) is 1. The molecule has 0 saturated heterocycles. The first-order valence-electron chi connectivity index (χ1n) is 8.77. The van der Waals surface area contributed by atoms with Gasteiger partial charge in [-0.05, 0) is 29.8 Å². The molecule has 11 nitrogen and oxygen atoms in total. The average Bonchev–Trinajstić information content (AvgIpc) is 3.46. The number of hydrogen-bond donors (Lipinski definition) is 1. The summed E-state index contributed by atoms with van der Waals surface area (Å²) < 4.78 is 21.4. The average molecular weight is 446 g/mol. The summed E-state index contributed by atoms with van der Waals surface area (Å²) in [5.41, 5.74) is 0.494. The normalized spacial score (nSPS) is 10.9. The number of furan rings is 1. The largest absolute Gasteiger partial charge is 0.454 e. The lowest BCUT2D eigenvalue weighted by Gasteiger charge is -2.04. The molecule has 13 heteroatoms. The van der Waals surface area contributed by atoms with Crippen LogP contribution in [-0.4, -0.2) is 35.4 Å². The van der Waals surface area contributed by atoms with E-state index in [1.807, 2.05) is 0 Å². The Morgan fingerprint density at radius 1 is 1.26 bits per heavy atom. The molecule has 0 aliphatic carbocycles. The van der Waals surface area contributed by atoms with Crippen molar-refractivity contribution in [3.05, 3.63) is 87.1 Å². The highest BCUT2D eigenvalue weighted by atomic mass is 35.5. The third kappa shape index (κ3) is 4.75. The van der Waals surface area contributed by atoms with Crippen LogP contribution < -0.4 is 5.32 Å². The molecular formula is C18H13ClFN7O4. The maximum atomic E-state index is 13.1. The van der Waals surface area contributed by atoms with E-state index in [4.69, 9.17) is 16.0 Å². The molecule has 1 aromatic carbocycles. The molecule has 0 bridgehead atoms. The van der Waals surface area contributed by atoms with Crippen LogP contribution in [0.1, 0.15) is 21.9 Å². The fourth-order valence-electron chi connectivity index (χ4n) is 2.69. The van der Waals surface area contributed by atoms with E-state index in [0.29, 0.717) is 11.3 Å². The van der Waals surface area contributed by atoms with Crippen molar-refractivity contribution in [1.82, 2.24) is 24.5 Å². The van der Waals surface area contributed by atoms with Gasteiger partial charge < -0.3 is 4.42 Å². The van der Waals surface area contributed by atoms with Crippen LogP contribution in [0.25, 0.3) is 0 Å². The van der Waals surface area contributed by atoms with Crippen LogP contribution in [0.15, 0.2) is 53.5 Å². The molecule has 0 fully saturated rings. The highest BCUT2D eigenvalue weighted by Gasteiger charge is 2.15. The van der Waals surface area contributed by atoms with Crippen LogP contribution in [-0.2, 0) is 13.1 Å². The van der Waals surface area contributed by atoms with Crippen LogP contribution in [0.4, 0.5) is 16.0 Å². The summed E-state index contributed by atoms with van der Waals surface area (Å²) in [4.78, 5) is 26.5. The molecule has 3 aromatic heterocycles. The fraction of sp³-hybridized carbons (Fsp3) is 0.111. The highest BCUT2D eigenvalue weighted by molar-refractivity contribution is 6.31. The maximum Gasteiger partial charge on any atom is 0.307 e. The molecule has 0 radical (unpaired) electrons. The molecule has 4 rings (SSSR count). The monoisotopic (exact) mass is 445 g/mol. The number of benzene rings is 1. The number of hydrogen-bond acceptors (Lipinski definition) is 7. The van der Waals surface area contributed by atoms with Crippen molar-refractivity contribution in [2.75, 3.05) is 5.32 Å². The van der Waals surface area contributed by atoms with Crippen molar-refractivity contribution < 1.29 is 18.5 Å². The van der Waals surface area contributed by atoms with Gasteiger partial charge in [-0.3, -0.25) is 24.9 Å². The van der Waals surface area contributed by atoms with Gasteiger partial charge in [0, 0.05) is 5.02 Å². The van der Waals surface area contributed by atoms with Crippen molar-refractivity contribution in [2.45, 2.75) is 13.1 Å². The molecule has 3 heterocycles. The molecule has 0 atom stereocenters. The van der Waals surface area contributed by atoms with Crippen molar-refractivity contribution in [2.24, 2.45) is 0 Å². The number of nitro groups is 1. The number of halogens is 2. The molecule has 0 saturated carbocycles. The van der Waals surface area contributed by atoms with Gasteiger partial charge in [-0.15, -0.1) is 5.10 Å². The van der Waals surface area contributed by atoms with Gasteiger partial charge in [-0.2, -0.15) is 5.10 Å². The lowest BCUT2D eigenvalue weighted by molar-refractivity contribution is -0.385. The van der Waals surface area contributed by atoms with E-state index >= 15 is 0 Å². The van der Waals surface area contributed by atoms with Crippen molar-refractivity contribution in [3.8, 4) is 0 Å². The SMILES string of the molecule is O=C(Nc1ncn(Cc2ccc(F)cc2Cl)n1)c1ccc(Cn2cc([N+](=O)[O-])cn2)o1. The number of aromatic nitrogens is 5. The van der Waals surface area contributed by atoms with E-state index in [1.165, 1.54) is 46.2 Å². The summed E-state index contributed by atoms with van der Waals surface area (Å²) in [6.07, 6.45) is 3.78. The Morgan fingerprint density at radius 2 is 2.10 bits per heavy atom. The van der Waals surface area contributed by atoms with E-state index in [-0.39, 0.29) is 35.5 Å². The van der Waals surface area contributed by atoms with Gasteiger partial charge in [0.1, 0.15) is 30.3 Å². The fourth-order valence-corrected chi connectivity index (χ4v) is 2.92. The zero-order chi connectivity index (χ0) is 22.0. The van der Waals surface area contributed by atoms with E-state index in [2.05, 4.69) is 20.5 Å². The smallest absolute Gasteiger partial charge is 0.307 e. The van der Waals surface area contributed by atoms with Crippen molar-refractivity contribution >= 4 is 29.1 Å². The molecule has 1 N–H and O–H groups in total. The quantitative estimate of drug-likeness (QED) is 0.341. The van der Waals surface area contributed by atoms with Crippen LogP contribution in [0, 0.1) is 15.9 Å². The number of anilines is 1. The van der Waals surface area contributed by atoms with E-state index in [0.717, 1.165) is 6.20 Å². The number of nitrogens with zero attached hydrogens (tertiary/aromatic N) is 6. The summed E-state index contributed by atoms with van der Waals surface area (Å²) in [6.45, 7) is 0.356. The Balaban J connectivity index is 1.38. The molecule has 158 valence electrons. The second kappa shape index (κ2) is 8.36. The predicted octanol–water partition coefficient (Wildman–Crippen LogP) is 3.12. The molecule has 0 aliphatic rings. The number of carbonyl (C=O) groups is 1. The molecule has 0 aliphatic heterocycles. The third-order valence-electron chi connectivity index (χ3n) is 4.14. The third-order valence-corrected chi connectivity index (χ3v) is 4.49. The van der Waals surface area contributed by atoms with E-state index in [1.54, 1.807) is 6.07 Å². The Bertz CT molecular complexity index is 1270.